The maximum Gasteiger partial charge on any atom is 0.337 e. The van der Waals surface area contributed by atoms with Gasteiger partial charge in [-0.1, -0.05) is 24.3 Å². The number of carbonyl (C=O) groups excluding carboxylic acids is 1. The van der Waals surface area contributed by atoms with E-state index in [-0.39, 0.29) is 17.8 Å². The van der Waals surface area contributed by atoms with Crippen LogP contribution in [0, 0.1) is 10.1 Å². The van der Waals surface area contributed by atoms with Crippen molar-refractivity contribution in [3.63, 3.8) is 0 Å². The minimum Gasteiger partial charge on any atom is -0.465 e. The van der Waals surface area contributed by atoms with Crippen molar-refractivity contribution in [1.82, 2.24) is 9.55 Å². The highest BCUT2D eigenvalue weighted by atomic mass is 32.1. The molecule has 4 rings (SSSR count). The molecule has 0 N–H and O–H groups in total. The van der Waals surface area contributed by atoms with E-state index in [0.29, 0.717) is 26.9 Å². The zero-order chi connectivity index (χ0) is 21.3. The van der Waals surface area contributed by atoms with Gasteiger partial charge in [-0.3, -0.25) is 19.5 Å². The van der Waals surface area contributed by atoms with Crippen LogP contribution in [0.1, 0.15) is 15.9 Å². The van der Waals surface area contributed by atoms with Gasteiger partial charge in [-0.25, -0.2) is 9.78 Å². The molecule has 0 radical (unpaired) electrons. The predicted molar refractivity (Wildman–Crippen MR) is 113 cm³/mol. The highest BCUT2D eigenvalue weighted by Gasteiger charge is 2.16. The summed E-state index contributed by atoms with van der Waals surface area (Å²) in [6.07, 6.45) is 1.46. The second-order valence-corrected chi connectivity index (χ2v) is 7.36. The van der Waals surface area contributed by atoms with Crippen LogP contribution in [0.5, 0.6) is 0 Å². The molecule has 4 aromatic rings. The highest BCUT2D eigenvalue weighted by molar-refractivity contribution is 7.17. The lowest BCUT2D eigenvalue weighted by molar-refractivity contribution is -0.384. The summed E-state index contributed by atoms with van der Waals surface area (Å²) in [6.45, 7) is 0.219. The molecule has 150 valence electrons. The summed E-state index contributed by atoms with van der Waals surface area (Å²) in [5.41, 5.74) is 2.02. The average molecular weight is 421 g/mol. The minimum absolute atomic E-state index is 0.0457. The zero-order valence-electron chi connectivity index (χ0n) is 15.8. The van der Waals surface area contributed by atoms with Crippen LogP contribution in [0.25, 0.3) is 21.3 Å². The van der Waals surface area contributed by atoms with E-state index in [1.165, 1.54) is 41.5 Å². The fourth-order valence-electron chi connectivity index (χ4n) is 3.19. The number of non-ortho nitro benzene ring substituents is 1. The molecule has 2 aromatic carbocycles. The van der Waals surface area contributed by atoms with Crippen molar-refractivity contribution < 1.29 is 14.5 Å². The minimum atomic E-state index is -0.469. The third-order valence-electron chi connectivity index (χ3n) is 4.63. The molecular formula is C21H15N3O5S. The van der Waals surface area contributed by atoms with Crippen molar-refractivity contribution in [2.45, 2.75) is 6.54 Å². The van der Waals surface area contributed by atoms with Crippen LogP contribution >= 0.6 is 11.3 Å². The fraction of sp³-hybridized carbons (Fsp3) is 0.0952. The monoisotopic (exact) mass is 421 g/mol. The second kappa shape index (κ2) is 7.88. The lowest BCUT2D eigenvalue weighted by atomic mass is 10.1. The maximum atomic E-state index is 13.2. The van der Waals surface area contributed by atoms with Gasteiger partial charge < -0.3 is 4.74 Å². The standard InChI is InChI=1S/C21H15N3O5S/c1-29-21(26)15-6-2-4-13(8-15)10-23-12-22-19-18(20(23)25)17(11-30-19)14-5-3-7-16(9-14)24(27)28/h2-9,11-12H,10H2,1H3. The average Bonchev–Trinajstić information content (AvgIpc) is 3.20. The molecule has 0 amide bonds. The number of nitro groups is 1. The molecule has 30 heavy (non-hydrogen) atoms. The lowest BCUT2D eigenvalue weighted by Gasteiger charge is -2.08. The van der Waals surface area contributed by atoms with Crippen molar-refractivity contribution in [2.24, 2.45) is 0 Å². The molecule has 2 aromatic heterocycles. The van der Waals surface area contributed by atoms with E-state index < -0.39 is 10.9 Å². The Morgan fingerprint density at radius 2 is 2.03 bits per heavy atom. The zero-order valence-corrected chi connectivity index (χ0v) is 16.6. The number of esters is 1. The van der Waals surface area contributed by atoms with Gasteiger partial charge >= 0.3 is 5.97 Å². The first-order valence-corrected chi connectivity index (χ1v) is 9.74. The number of nitrogens with zero attached hydrogens (tertiary/aromatic N) is 3. The highest BCUT2D eigenvalue weighted by Crippen LogP contribution is 2.32. The number of thiophene rings is 1. The van der Waals surface area contributed by atoms with Crippen molar-refractivity contribution in [2.75, 3.05) is 7.11 Å². The molecule has 0 fully saturated rings. The summed E-state index contributed by atoms with van der Waals surface area (Å²) in [5.74, 6) is -0.455. The molecule has 0 aliphatic carbocycles. The van der Waals surface area contributed by atoms with Gasteiger partial charge in [0.1, 0.15) is 4.83 Å². The summed E-state index contributed by atoms with van der Waals surface area (Å²) in [5, 5.41) is 13.3. The Hall–Kier alpha value is -3.85. The second-order valence-electron chi connectivity index (χ2n) is 6.51. The number of methoxy groups -OCH3 is 1. The molecule has 0 saturated heterocycles. The number of rotatable bonds is 5. The Morgan fingerprint density at radius 3 is 2.80 bits per heavy atom. The first kappa shape index (κ1) is 19.5. The molecule has 0 spiro atoms. The van der Waals surface area contributed by atoms with E-state index in [1.54, 1.807) is 41.8 Å². The predicted octanol–water partition coefficient (Wildman–Crippen LogP) is 3.87. The largest absolute Gasteiger partial charge is 0.465 e. The Labute approximate surface area is 174 Å². The summed E-state index contributed by atoms with van der Waals surface area (Å²) < 4.78 is 6.19. The molecule has 0 aliphatic rings. The Bertz CT molecular complexity index is 1340. The van der Waals surface area contributed by atoms with E-state index in [0.717, 1.165) is 5.56 Å². The van der Waals surface area contributed by atoms with Gasteiger partial charge in [0, 0.05) is 23.1 Å². The van der Waals surface area contributed by atoms with E-state index in [9.17, 15) is 19.7 Å². The SMILES string of the molecule is COC(=O)c1cccc(Cn2cnc3scc(-c4cccc([N+](=O)[O-])c4)c3c2=O)c1. The lowest BCUT2D eigenvalue weighted by Crippen LogP contribution is -2.21. The fourth-order valence-corrected chi connectivity index (χ4v) is 4.10. The number of ether oxygens (including phenoxy) is 1. The Balaban J connectivity index is 1.78. The van der Waals surface area contributed by atoms with Gasteiger partial charge in [-0.05, 0) is 23.3 Å². The number of hydrogen-bond acceptors (Lipinski definition) is 7. The third kappa shape index (κ3) is 3.58. The molecule has 9 heteroatoms. The van der Waals surface area contributed by atoms with Crippen LogP contribution in [0.2, 0.25) is 0 Å². The molecule has 0 atom stereocenters. The van der Waals surface area contributed by atoms with E-state index in [4.69, 9.17) is 4.74 Å². The first-order valence-electron chi connectivity index (χ1n) is 8.86. The maximum absolute atomic E-state index is 13.2. The summed E-state index contributed by atoms with van der Waals surface area (Å²) in [7, 11) is 1.31. The normalized spacial score (nSPS) is 10.8. The van der Waals surface area contributed by atoms with Crippen LogP contribution in [0.15, 0.2) is 65.0 Å². The molecule has 0 aliphatic heterocycles. The van der Waals surface area contributed by atoms with Crippen LogP contribution in [-0.2, 0) is 11.3 Å². The number of fused-ring (bicyclic) bond motifs is 1. The Kier molecular flexibility index (Phi) is 5.11. The van der Waals surface area contributed by atoms with E-state index >= 15 is 0 Å². The van der Waals surface area contributed by atoms with Gasteiger partial charge in [0.25, 0.3) is 11.2 Å². The third-order valence-corrected chi connectivity index (χ3v) is 5.52. The molecule has 0 bridgehead atoms. The number of carbonyl (C=O) groups is 1. The van der Waals surface area contributed by atoms with Gasteiger partial charge in [0.05, 0.1) is 35.9 Å². The van der Waals surface area contributed by atoms with Crippen LogP contribution < -0.4 is 5.56 Å². The summed E-state index contributed by atoms with van der Waals surface area (Å²) in [4.78, 5) is 40.5. The van der Waals surface area contributed by atoms with E-state index in [2.05, 4.69) is 4.98 Å². The topological polar surface area (TPSA) is 104 Å². The van der Waals surface area contributed by atoms with Crippen LogP contribution in [0.3, 0.4) is 0 Å². The molecule has 8 nitrogen and oxygen atoms in total. The number of benzene rings is 2. The number of hydrogen-bond donors (Lipinski definition) is 0. The number of nitro benzene ring substituents is 1. The van der Waals surface area contributed by atoms with Gasteiger partial charge in [0.15, 0.2) is 0 Å². The molecule has 2 heterocycles. The smallest absolute Gasteiger partial charge is 0.337 e. The van der Waals surface area contributed by atoms with Crippen molar-refractivity contribution >= 4 is 33.2 Å². The Morgan fingerprint density at radius 1 is 1.23 bits per heavy atom. The van der Waals surface area contributed by atoms with Gasteiger partial charge in [-0.15, -0.1) is 11.3 Å². The van der Waals surface area contributed by atoms with Gasteiger partial charge in [-0.2, -0.15) is 0 Å². The molecule has 0 unspecified atom stereocenters. The quantitative estimate of drug-likeness (QED) is 0.275. The summed E-state index contributed by atoms with van der Waals surface area (Å²) >= 11 is 1.31. The van der Waals surface area contributed by atoms with Gasteiger partial charge in [0.2, 0.25) is 0 Å². The van der Waals surface area contributed by atoms with E-state index in [1.807, 2.05) is 0 Å². The van der Waals surface area contributed by atoms with Crippen molar-refractivity contribution in [1.29, 1.82) is 0 Å². The molecular weight excluding hydrogens is 406 g/mol. The summed E-state index contributed by atoms with van der Waals surface area (Å²) in [6, 6.07) is 13.0. The molecule has 0 saturated carbocycles. The van der Waals surface area contributed by atoms with Crippen molar-refractivity contribution in [3.8, 4) is 11.1 Å². The first-order chi connectivity index (χ1) is 14.5. The number of aromatic nitrogens is 2. The van der Waals surface area contributed by atoms with Crippen molar-refractivity contribution in [3.05, 3.63) is 91.8 Å². The van der Waals surface area contributed by atoms with Crippen LogP contribution in [0.4, 0.5) is 5.69 Å². The van der Waals surface area contributed by atoms with Crippen LogP contribution in [-0.4, -0.2) is 27.6 Å².